The summed E-state index contributed by atoms with van der Waals surface area (Å²) < 4.78 is 62.1. The minimum absolute atomic E-state index is 0.00678. The Balaban J connectivity index is 1.83. The molecule has 0 unspecified atom stereocenters. The Bertz CT molecular complexity index is 706. The average Bonchev–Trinajstić information content (AvgIpc) is 2.97. The van der Waals surface area contributed by atoms with Gasteiger partial charge in [-0.25, -0.2) is 8.42 Å². The van der Waals surface area contributed by atoms with Crippen LogP contribution in [0.4, 0.5) is 13.2 Å². The Hall–Kier alpha value is -1.58. The number of sulfone groups is 1. The van der Waals surface area contributed by atoms with Gasteiger partial charge in [-0.3, -0.25) is 9.89 Å². The van der Waals surface area contributed by atoms with Crippen LogP contribution in [0.3, 0.4) is 0 Å². The number of aryl methyl sites for hydroxylation is 1. The fraction of sp³-hybridized carbons (Fsp3) is 0.667. The highest BCUT2D eigenvalue weighted by Crippen LogP contribution is 2.36. The van der Waals surface area contributed by atoms with Crippen molar-refractivity contribution in [1.29, 1.82) is 0 Å². The summed E-state index contributed by atoms with van der Waals surface area (Å²) >= 11 is 0. The highest BCUT2D eigenvalue weighted by Gasteiger charge is 2.47. The molecule has 10 heteroatoms. The van der Waals surface area contributed by atoms with Gasteiger partial charge in [0.05, 0.1) is 11.5 Å². The number of nitrogens with zero attached hydrogens (tertiary/aromatic N) is 2. The van der Waals surface area contributed by atoms with Crippen molar-refractivity contribution in [2.75, 3.05) is 24.6 Å². The van der Waals surface area contributed by atoms with Crippen molar-refractivity contribution in [3.8, 4) is 0 Å². The largest absolute Gasteiger partial charge is 0.420 e. The highest BCUT2D eigenvalue weighted by molar-refractivity contribution is 7.91. The number of rotatable bonds is 1. The lowest BCUT2D eigenvalue weighted by Crippen LogP contribution is -2.32. The van der Waals surface area contributed by atoms with E-state index in [0.29, 0.717) is 0 Å². The first kappa shape index (κ1) is 15.3. The van der Waals surface area contributed by atoms with Gasteiger partial charge in [-0.2, -0.15) is 18.3 Å². The van der Waals surface area contributed by atoms with Crippen LogP contribution >= 0.6 is 0 Å². The molecule has 122 valence electrons. The van der Waals surface area contributed by atoms with Crippen LogP contribution in [0.25, 0.3) is 0 Å². The highest BCUT2D eigenvalue weighted by atomic mass is 32.2. The fourth-order valence-electron chi connectivity index (χ4n) is 3.28. The van der Waals surface area contributed by atoms with Gasteiger partial charge >= 0.3 is 6.18 Å². The van der Waals surface area contributed by atoms with E-state index in [9.17, 15) is 26.4 Å². The van der Waals surface area contributed by atoms with E-state index in [0.717, 1.165) is 0 Å². The van der Waals surface area contributed by atoms with Crippen molar-refractivity contribution in [2.45, 2.75) is 13.1 Å². The molecule has 1 amide bonds. The quantitative estimate of drug-likeness (QED) is 0.824. The maximum atomic E-state index is 13.0. The summed E-state index contributed by atoms with van der Waals surface area (Å²) in [5.41, 5.74) is -1.91. The number of fused-ring (bicyclic) bond motifs is 1. The van der Waals surface area contributed by atoms with Gasteiger partial charge in [0.25, 0.3) is 5.91 Å². The summed E-state index contributed by atoms with van der Waals surface area (Å²) in [6.07, 6.45) is -4.67. The van der Waals surface area contributed by atoms with Crippen molar-refractivity contribution in [3.63, 3.8) is 0 Å². The third-order valence-electron chi connectivity index (χ3n) is 4.23. The van der Waals surface area contributed by atoms with Crippen LogP contribution in [0.15, 0.2) is 0 Å². The summed E-state index contributed by atoms with van der Waals surface area (Å²) in [4.78, 5) is 13.6. The van der Waals surface area contributed by atoms with E-state index in [4.69, 9.17) is 0 Å². The summed E-state index contributed by atoms with van der Waals surface area (Å²) in [5.74, 6) is -1.20. The molecule has 1 aromatic heterocycles. The van der Waals surface area contributed by atoms with Gasteiger partial charge in [0, 0.05) is 18.8 Å². The molecule has 6 nitrogen and oxygen atoms in total. The standard InChI is InChI=1S/C12H14F3N3O3S/c1-6-9(12(13,14)15)10(17-16-6)11(19)18-2-7-4-22(20,21)5-8(7)3-18/h7-8H,2-5H2,1H3,(H,16,17)/t7-,8+. The number of hydrogen-bond acceptors (Lipinski definition) is 4. The average molecular weight is 337 g/mol. The third kappa shape index (κ3) is 2.49. The van der Waals surface area contributed by atoms with Crippen molar-refractivity contribution in [1.82, 2.24) is 15.1 Å². The lowest BCUT2D eigenvalue weighted by molar-refractivity contribution is -0.138. The van der Waals surface area contributed by atoms with E-state index >= 15 is 0 Å². The Morgan fingerprint density at radius 2 is 1.82 bits per heavy atom. The molecule has 0 spiro atoms. The molecular weight excluding hydrogens is 323 g/mol. The van der Waals surface area contributed by atoms with Gasteiger partial charge in [0.2, 0.25) is 0 Å². The summed E-state index contributed by atoms with van der Waals surface area (Å²) in [6, 6.07) is 0. The lowest BCUT2D eigenvalue weighted by Gasteiger charge is -2.17. The van der Waals surface area contributed by atoms with Gasteiger partial charge in [-0.15, -0.1) is 0 Å². The Morgan fingerprint density at radius 3 is 2.32 bits per heavy atom. The van der Waals surface area contributed by atoms with E-state index in [1.807, 2.05) is 0 Å². The number of likely N-dealkylation sites (tertiary alicyclic amines) is 1. The van der Waals surface area contributed by atoms with Crippen LogP contribution in [-0.2, 0) is 16.0 Å². The predicted octanol–water partition coefficient (Wildman–Crippen LogP) is 0.854. The molecule has 2 aliphatic rings. The van der Waals surface area contributed by atoms with Crippen LogP contribution in [0.5, 0.6) is 0 Å². The number of aromatic amines is 1. The molecule has 3 rings (SSSR count). The second kappa shape index (κ2) is 4.71. The van der Waals surface area contributed by atoms with E-state index in [2.05, 4.69) is 10.2 Å². The van der Waals surface area contributed by atoms with E-state index in [1.165, 1.54) is 11.8 Å². The van der Waals surface area contributed by atoms with Crippen molar-refractivity contribution < 1.29 is 26.4 Å². The number of H-pyrrole nitrogens is 1. The van der Waals surface area contributed by atoms with Gasteiger partial charge in [0.15, 0.2) is 15.5 Å². The van der Waals surface area contributed by atoms with E-state index in [-0.39, 0.29) is 42.1 Å². The molecule has 0 saturated carbocycles. The molecule has 0 radical (unpaired) electrons. The smallest absolute Gasteiger partial charge is 0.337 e. The summed E-state index contributed by atoms with van der Waals surface area (Å²) in [7, 11) is -3.09. The Kier molecular flexibility index (Phi) is 3.28. The number of nitrogens with one attached hydrogen (secondary N) is 1. The topological polar surface area (TPSA) is 83.1 Å². The maximum absolute atomic E-state index is 13.0. The lowest BCUT2D eigenvalue weighted by atomic mass is 10.0. The van der Waals surface area contributed by atoms with Crippen LogP contribution in [-0.4, -0.2) is 54.0 Å². The maximum Gasteiger partial charge on any atom is 0.420 e. The first-order chi connectivity index (χ1) is 10.1. The van der Waals surface area contributed by atoms with E-state index in [1.54, 1.807) is 0 Å². The normalized spacial score (nSPS) is 27.2. The zero-order chi connectivity index (χ0) is 16.3. The van der Waals surface area contributed by atoms with Gasteiger partial charge in [-0.1, -0.05) is 0 Å². The molecule has 2 fully saturated rings. The second-order valence-corrected chi connectivity index (χ2v) is 8.03. The summed E-state index contributed by atoms with van der Waals surface area (Å²) in [6.45, 7) is 1.52. The van der Waals surface area contributed by atoms with Crippen LogP contribution in [0.1, 0.15) is 21.7 Å². The number of aromatic nitrogens is 2. The molecule has 0 aliphatic carbocycles. The predicted molar refractivity (Wildman–Crippen MR) is 69.9 cm³/mol. The Labute approximate surface area is 124 Å². The Morgan fingerprint density at radius 1 is 1.27 bits per heavy atom. The molecule has 0 aromatic carbocycles. The van der Waals surface area contributed by atoms with Crippen molar-refractivity contribution in [3.05, 3.63) is 17.0 Å². The molecule has 2 saturated heterocycles. The van der Waals surface area contributed by atoms with E-state index < -0.39 is 33.2 Å². The monoisotopic (exact) mass is 337 g/mol. The molecule has 2 atom stereocenters. The van der Waals surface area contributed by atoms with Crippen molar-refractivity contribution >= 4 is 15.7 Å². The molecule has 1 aromatic rings. The number of alkyl halides is 3. The number of halogens is 3. The molecule has 3 heterocycles. The fourth-order valence-corrected chi connectivity index (χ4v) is 5.48. The number of hydrogen-bond donors (Lipinski definition) is 1. The molecule has 22 heavy (non-hydrogen) atoms. The van der Waals surface area contributed by atoms with Gasteiger partial charge in [0.1, 0.15) is 5.56 Å². The molecule has 2 aliphatic heterocycles. The zero-order valence-electron chi connectivity index (χ0n) is 11.6. The minimum Gasteiger partial charge on any atom is -0.337 e. The number of carbonyl (C=O) groups excluding carboxylic acids is 1. The molecule has 0 bridgehead atoms. The first-order valence-electron chi connectivity index (χ1n) is 6.70. The third-order valence-corrected chi connectivity index (χ3v) is 6.10. The minimum atomic E-state index is -4.67. The summed E-state index contributed by atoms with van der Waals surface area (Å²) in [5, 5.41) is 5.69. The van der Waals surface area contributed by atoms with Gasteiger partial charge < -0.3 is 4.90 Å². The number of amides is 1. The van der Waals surface area contributed by atoms with Crippen LogP contribution < -0.4 is 0 Å². The van der Waals surface area contributed by atoms with Crippen molar-refractivity contribution in [2.24, 2.45) is 11.8 Å². The SMILES string of the molecule is Cc1[nH]nc(C(=O)N2C[C@@H]3CS(=O)(=O)C[C@@H]3C2)c1C(F)(F)F. The van der Waals surface area contributed by atoms with Crippen LogP contribution in [0, 0.1) is 18.8 Å². The molecule has 1 N–H and O–H groups in total. The molecular formula is C12H14F3N3O3S. The van der Waals surface area contributed by atoms with Crippen LogP contribution in [0.2, 0.25) is 0 Å². The first-order valence-corrected chi connectivity index (χ1v) is 8.52. The van der Waals surface area contributed by atoms with Gasteiger partial charge in [-0.05, 0) is 18.8 Å². The number of carbonyl (C=O) groups is 1. The zero-order valence-corrected chi connectivity index (χ0v) is 12.5. The second-order valence-electron chi connectivity index (χ2n) is 5.88.